The molecule has 103 heavy (non-hydrogen) atoms. The summed E-state index contributed by atoms with van der Waals surface area (Å²) in [6.07, 6.45) is 69.3. The lowest BCUT2D eigenvalue weighted by Gasteiger charge is -2.21. The van der Waals surface area contributed by atoms with Crippen molar-refractivity contribution in [3.8, 4) is 0 Å². The van der Waals surface area contributed by atoms with Crippen LogP contribution in [0.2, 0.25) is 0 Å². The van der Waals surface area contributed by atoms with Gasteiger partial charge in [-0.1, -0.05) is 401 Å². The summed E-state index contributed by atoms with van der Waals surface area (Å²) < 4.78 is 68.8. The average molecular weight is 1510 g/mol. The topological polar surface area (TPSA) is 237 Å². The quantitative estimate of drug-likeness (QED) is 0.0222. The molecule has 0 aliphatic carbocycles. The zero-order valence-corrected chi connectivity index (χ0v) is 69.3. The van der Waals surface area contributed by atoms with Crippen LogP contribution in [0.3, 0.4) is 0 Å². The van der Waals surface area contributed by atoms with Crippen LogP contribution in [0.4, 0.5) is 0 Å². The van der Waals surface area contributed by atoms with Crippen LogP contribution in [-0.4, -0.2) is 96.7 Å². The van der Waals surface area contributed by atoms with Crippen LogP contribution in [-0.2, 0) is 65.4 Å². The van der Waals surface area contributed by atoms with Gasteiger partial charge < -0.3 is 33.8 Å². The summed E-state index contributed by atoms with van der Waals surface area (Å²) in [7, 11) is -9.92. The van der Waals surface area contributed by atoms with Gasteiger partial charge in [-0.2, -0.15) is 0 Å². The van der Waals surface area contributed by atoms with Gasteiger partial charge in [-0.3, -0.25) is 37.3 Å². The first-order valence-corrected chi connectivity index (χ1v) is 46.7. The number of aliphatic hydroxyl groups excluding tert-OH is 1. The SMILES string of the molecule is CCCCCCCCCCCCCCCCCCCCCCCC(=O)O[C@H](COC(=O)CCCCCCCCCCCCCCCCC(C)CC)COP(=O)(O)OC[C@@H](O)COP(=O)(O)OC[C@@H](COC(=O)CCCCCCCCCCCC)OC(=O)CCCCCCCCCCCCCCCC. The first-order valence-electron chi connectivity index (χ1n) is 43.7. The average Bonchev–Trinajstić information content (AvgIpc) is 0.920. The number of carbonyl (C=O) groups excluding carboxylic acids is 4. The van der Waals surface area contributed by atoms with Crippen molar-refractivity contribution in [2.45, 2.75) is 470 Å². The fourth-order valence-electron chi connectivity index (χ4n) is 13.1. The lowest BCUT2D eigenvalue weighted by Crippen LogP contribution is -2.30. The minimum atomic E-state index is -4.96. The molecule has 0 heterocycles. The number of rotatable bonds is 84. The molecule has 0 saturated heterocycles. The van der Waals surface area contributed by atoms with Gasteiger partial charge in [0.2, 0.25) is 0 Å². The second kappa shape index (κ2) is 76.8. The van der Waals surface area contributed by atoms with Gasteiger partial charge in [0.25, 0.3) is 0 Å². The molecule has 17 nitrogen and oxygen atoms in total. The van der Waals surface area contributed by atoms with E-state index < -0.39 is 97.5 Å². The highest BCUT2D eigenvalue weighted by molar-refractivity contribution is 7.47. The van der Waals surface area contributed by atoms with E-state index in [9.17, 15) is 43.2 Å². The van der Waals surface area contributed by atoms with Gasteiger partial charge in [-0.15, -0.1) is 0 Å². The Morgan fingerprint density at radius 2 is 0.466 bits per heavy atom. The van der Waals surface area contributed by atoms with Crippen molar-refractivity contribution in [1.29, 1.82) is 0 Å². The van der Waals surface area contributed by atoms with Crippen LogP contribution in [0, 0.1) is 5.92 Å². The van der Waals surface area contributed by atoms with E-state index >= 15 is 0 Å². The van der Waals surface area contributed by atoms with Crippen molar-refractivity contribution in [3.63, 3.8) is 0 Å². The second-order valence-corrected chi connectivity index (χ2v) is 33.4. The third-order valence-corrected chi connectivity index (χ3v) is 22.0. The summed E-state index contributed by atoms with van der Waals surface area (Å²) in [5, 5.41) is 10.7. The largest absolute Gasteiger partial charge is 0.472 e. The molecule has 0 amide bonds. The number of carbonyl (C=O) groups is 4. The van der Waals surface area contributed by atoms with E-state index in [1.165, 1.54) is 276 Å². The van der Waals surface area contributed by atoms with E-state index in [-0.39, 0.29) is 25.7 Å². The molecule has 0 saturated carbocycles. The molecule has 3 N–H and O–H groups in total. The van der Waals surface area contributed by atoms with Crippen molar-refractivity contribution >= 4 is 39.5 Å². The zero-order chi connectivity index (χ0) is 75.5. The molecule has 3 unspecified atom stereocenters. The molecule has 0 aromatic rings. The lowest BCUT2D eigenvalue weighted by molar-refractivity contribution is -0.161. The maximum absolute atomic E-state index is 13.1. The van der Waals surface area contributed by atoms with Crippen molar-refractivity contribution < 1.29 is 80.2 Å². The van der Waals surface area contributed by atoms with Crippen LogP contribution in [0.15, 0.2) is 0 Å². The number of unbranched alkanes of at least 4 members (excludes halogenated alkanes) is 55. The highest BCUT2D eigenvalue weighted by Crippen LogP contribution is 2.45. The Morgan fingerprint density at radius 3 is 0.689 bits per heavy atom. The molecule has 0 aromatic carbocycles. The monoisotopic (exact) mass is 1510 g/mol. The number of hydrogen-bond acceptors (Lipinski definition) is 15. The van der Waals surface area contributed by atoms with Crippen LogP contribution < -0.4 is 0 Å². The van der Waals surface area contributed by atoms with Gasteiger partial charge in [0.1, 0.15) is 19.3 Å². The zero-order valence-electron chi connectivity index (χ0n) is 67.5. The predicted octanol–water partition coefficient (Wildman–Crippen LogP) is 25.6. The Morgan fingerprint density at radius 1 is 0.272 bits per heavy atom. The Balaban J connectivity index is 5.22. The smallest absolute Gasteiger partial charge is 0.462 e. The molecule has 612 valence electrons. The number of phosphoric acid groups is 2. The minimum Gasteiger partial charge on any atom is -0.462 e. The van der Waals surface area contributed by atoms with E-state index in [0.29, 0.717) is 25.7 Å². The normalized spacial score (nSPS) is 14.1. The van der Waals surface area contributed by atoms with Crippen molar-refractivity contribution in [2.75, 3.05) is 39.6 Å². The third-order valence-electron chi connectivity index (χ3n) is 20.1. The highest BCUT2D eigenvalue weighted by atomic mass is 31.2. The predicted molar refractivity (Wildman–Crippen MR) is 423 cm³/mol. The van der Waals surface area contributed by atoms with E-state index in [2.05, 4.69) is 34.6 Å². The van der Waals surface area contributed by atoms with Gasteiger partial charge in [0, 0.05) is 25.7 Å². The number of phosphoric ester groups is 2. The molecule has 0 spiro atoms. The Bertz CT molecular complexity index is 1960. The van der Waals surface area contributed by atoms with Crippen molar-refractivity contribution in [2.24, 2.45) is 5.92 Å². The van der Waals surface area contributed by atoms with Gasteiger partial charge in [0.05, 0.1) is 26.4 Å². The molecule has 0 aliphatic rings. The molecule has 6 atom stereocenters. The van der Waals surface area contributed by atoms with Crippen molar-refractivity contribution in [1.82, 2.24) is 0 Å². The molecule has 0 aliphatic heterocycles. The second-order valence-electron chi connectivity index (χ2n) is 30.5. The van der Waals surface area contributed by atoms with E-state index in [1.54, 1.807) is 0 Å². The molecule has 0 radical (unpaired) electrons. The van der Waals surface area contributed by atoms with E-state index in [4.69, 9.17) is 37.0 Å². The highest BCUT2D eigenvalue weighted by Gasteiger charge is 2.30. The molecular weight excluding hydrogens is 1340 g/mol. The first-order chi connectivity index (χ1) is 50.1. The van der Waals surface area contributed by atoms with Crippen LogP contribution in [0.25, 0.3) is 0 Å². The van der Waals surface area contributed by atoms with Gasteiger partial charge in [-0.25, -0.2) is 9.13 Å². The number of esters is 4. The van der Waals surface area contributed by atoms with Crippen LogP contribution >= 0.6 is 15.6 Å². The third kappa shape index (κ3) is 76.6. The number of hydrogen-bond donors (Lipinski definition) is 3. The van der Waals surface area contributed by atoms with Gasteiger partial charge >= 0.3 is 39.5 Å². The summed E-state index contributed by atoms with van der Waals surface area (Å²) >= 11 is 0. The summed E-state index contributed by atoms with van der Waals surface area (Å²) in [5.41, 5.74) is 0. The van der Waals surface area contributed by atoms with Gasteiger partial charge in [0.15, 0.2) is 12.2 Å². The summed E-state index contributed by atoms with van der Waals surface area (Å²) in [6, 6.07) is 0. The fraction of sp³-hybridized carbons (Fsp3) is 0.952. The summed E-state index contributed by atoms with van der Waals surface area (Å²) in [6.45, 7) is 7.40. The summed E-state index contributed by atoms with van der Waals surface area (Å²) in [5.74, 6) is -1.25. The number of ether oxygens (including phenoxy) is 4. The standard InChI is InChI=1S/C84H164O17P2/c1-6-10-13-16-19-22-25-27-29-30-31-32-33-34-35-41-45-50-55-60-65-70-84(89)101-80(74-95-82(87)68-63-58-53-48-43-40-37-36-38-42-46-51-56-61-66-77(5)9-4)76-99-103(92,93)97-72-78(85)71-96-102(90,91)98-75-79(73-94-81(86)67-62-57-52-47-24-21-18-15-12-8-3)100-83(88)69-64-59-54-49-44-39-28-26-23-20-17-14-11-7-2/h77-80,85H,6-76H2,1-5H3,(H,90,91)(H,92,93)/t77?,78-,79+,80+/m0/s1. The lowest BCUT2D eigenvalue weighted by atomic mass is 9.99. The van der Waals surface area contributed by atoms with Crippen LogP contribution in [0.1, 0.15) is 452 Å². The Labute approximate surface area is 632 Å². The van der Waals surface area contributed by atoms with E-state index in [0.717, 1.165) is 95.8 Å². The molecule has 0 aromatic heterocycles. The molecule has 0 bridgehead atoms. The molecular formula is C84H164O17P2. The summed E-state index contributed by atoms with van der Waals surface area (Å²) in [4.78, 5) is 73.1. The Hall–Kier alpha value is -1.94. The maximum atomic E-state index is 13.1. The van der Waals surface area contributed by atoms with E-state index in [1.807, 2.05) is 0 Å². The first kappa shape index (κ1) is 101. The van der Waals surface area contributed by atoms with Crippen LogP contribution in [0.5, 0.6) is 0 Å². The Kier molecular flexibility index (Phi) is 75.4. The maximum Gasteiger partial charge on any atom is 0.472 e. The minimum absolute atomic E-state index is 0.108. The molecule has 19 heteroatoms. The molecule has 0 rings (SSSR count). The van der Waals surface area contributed by atoms with Gasteiger partial charge in [-0.05, 0) is 31.6 Å². The fourth-order valence-corrected chi connectivity index (χ4v) is 14.7. The molecule has 0 fully saturated rings. The number of aliphatic hydroxyl groups is 1. The van der Waals surface area contributed by atoms with Crippen molar-refractivity contribution in [3.05, 3.63) is 0 Å².